The molecule has 0 aliphatic carbocycles. The summed E-state index contributed by atoms with van der Waals surface area (Å²) in [4.78, 5) is 12.5. The van der Waals surface area contributed by atoms with Crippen molar-refractivity contribution < 1.29 is 42.8 Å². The quantitative estimate of drug-likeness (QED) is 0.267. The summed E-state index contributed by atoms with van der Waals surface area (Å²) in [6, 6.07) is 10.8. The van der Waals surface area contributed by atoms with Crippen LogP contribution in [-0.2, 0) is 9.47 Å². The van der Waals surface area contributed by atoms with Crippen LogP contribution < -0.4 is 5.73 Å². The molecule has 1 spiro atoms. The van der Waals surface area contributed by atoms with Gasteiger partial charge in [-0.25, -0.2) is 17.9 Å². The first kappa shape index (κ1) is 27.3. The van der Waals surface area contributed by atoms with Crippen molar-refractivity contribution in [3.8, 4) is 11.3 Å². The standard InChI is InChI=1S/C28H25F3N4O6/c29-18-9-14(10-19(30)23(18)31)20-11-35(34-33-20)24-25(37)21(12-36)41-28(26(24)38)17(7-8-40-28)22-15-4-2-1-3-13(15)5-6-16(22)27(32)39/h1-6,9-11,17,21,24-26,36-38H,7-8,12H2,(H2,32,39)/t17-,21-,24+,25+,26-,28+/m1/s1. The minimum Gasteiger partial charge on any atom is -0.394 e. The van der Waals surface area contributed by atoms with E-state index in [9.17, 15) is 33.3 Å². The van der Waals surface area contributed by atoms with Crippen molar-refractivity contribution in [1.82, 2.24) is 15.0 Å². The molecule has 0 bridgehead atoms. The summed E-state index contributed by atoms with van der Waals surface area (Å²) in [6.07, 6.45) is -2.95. The van der Waals surface area contributed by atoms with Gasteiger partial charge in [-0.05, 0) is 41.0 Å². The van der Waals surface area contributed by atoms with E-state index in [1.54, 1.807) is 24.3 Å². The van der Waals surface area contributed by atoms with E-state index in [0.717, 1.165) is 22.2 Å². The van der Waals surface area contributed by atoms with Gasteiger partial charge in [0.2, 0.25) is 11.7 Å². The van der Waals surface area contributed by atoms with Gasteiger partial charge in [0.25, 0.3) is 0 Å². The van der Waals surface area contributed by atoms with Crippen molar-refractivity contribution >= 4 is 16.7 Å². The van der Waals surface area contributed by atoms with Gasteiger partial charge >= 0.3 is 0 Å². The fourth-order valence-corrected chi connectivity index (χ4v) is 6.00. The van der Waals surface area contributed by atoms with E-state index in [0.29, 0.717) is 17.4 Å². The van der Waals surface area contributed by atoms with Crippen LogP contribution in [0.1, 0.15) is 34.3 Å². The van der Waals surface area contributed by atoms with E-state index >= 15 is 0 Å². The van der Waals surface area contributed by atoms with E-state index in [1.807, 2.05) is 12.1 Å². The highest BCUT2D eigenvalue weighted by Crippen LogP contribution is 2.52. The Morgan fingerprint density at radius 1 is 1.12 bits per heavy atom. The van der Waals surface area contributed by atoms with Gasteiger partial charge in [-0.3, -0.25) is 4.79 Å². The smallest absolute Gasteiger partial charge is 0.249 e. The van der Waals surface area contributed by atoms with Gasteiger partial charge in [-0.2, -0.15) is 0 Å². The maximum absolute atomic E-state index is 13.9. The lowest BCUT2D eigenvalue weighted by Gasteiger charge is -2.50. The number of aromatic nitrogens is 3. The third-order valence-corrected chi connectivity index (χ3v) is 7.88. The van der Waals surface area contributed by atoms with Crippen LogP contribution in [0.3, 0.4) is 0 Å². The number of halogens is 3. The molecule has 2 aliphatic rings. The minimum absolute atomic E-state index is 0.0720. The zero-order valence-electron chi connectivity index (χ0n) is 21.3. The summed E-state index contributed by atoms with van der Waals surface area (Å²) in [6.45, 7) is -0.572. The number of hydrogen-bond donors (Lipinski definition) is 4. The lowest BCUT2D eigenvalue weighted by molar-refractivity contribution is -0.344. The molecule has 5 N–H and O–H groups in total. The fourth-order valence-electron chi connectivity index (χ4n) is 6.00. The summed E-state index contributed by atoms with van der Waals surface area (Å²) in [5.41, 5.74) is 6.22. The van der Waals surface area contributed by atoms with Crippen molar-refractivity contribution in [3.05, 3.63) is 83.3 Å². The number of aliphatic hydroxyl groups is 3. The molecule has 6 rings (SSSR count). The lowest BCUT2D eigenvalue weighted by atomic mass is 9.77. The highest BCUT2D eigenvalue weighted by atomic mass is 19.2. The molecule has 4 aromatic rings. The summed E-state index contributed by atoms with van der Waals surface area (Å²) in [7, 11) is 0. The summed E-state index contributed by atoms with van der Waals surface area (Å²) < 4.78 is 54.5. The van der Waals surface area contributed by atoms with Crippen LogP contribution in [-0.4, -0.2) is 73.5 Å². The molecule has 41 heavy (non-hydrogen) atoms. The van der Waals surface area contributed by atoms with Gasteiger partial charge in [0.15, 0.2) is 17.5 Å². The van der Waals surface area contributed by atoms with Crippen LogP contribution in [0.4, 0.5) is 13.2 Å². The largest absolute Gasteiger partial charge is 0.394 e. The molecule has 6 atom stereocenters. The minimum atomic E-state index is -1.87. The highest BCUT2D eigenvalue weighted by Gasteiger charge is 2.62. The van der Waals surface area contributed by atoms with Gasteiger partial charge in [-0.15, -0.1) is 5.10 Å². The number of benzene rings is 3. The van der Waals surface area contributed by atoms with Crippen LogP contribution in [0.15, 0.2) is 54.7 Å². The summed E-state index contributed by atoms with van der Waals surface area (Å²) >= 11 is 0. The number of rotatable bonds is 5. The van der Waals surface area contributed by atoms with Crippen molar-refractivity contribution in [1.29, 1.82) is 0 Å². The Hall–Kier alpha value is -3.88. The molecule has 3 aromatic carbocycles. The lowest BCUT2D eigenvalue weighted by Crippen LogP contribution is -2.64. The molecule has 2 saturated heterocycles. The van der Waals surface area contributed by atoms with Crippen LogP contribution >= 0.6 is 0 Å². The second-order valence-corrected chi connectivity index (χ2v) is 10.1. The molecule has 214 valence electrons. The number of fused-ring (bicyclic) bond motifs is 1. The van der Waals surface area contributed by atoms with E-state index in [4.69, 9.17) is 15.2 Å². The Morgan fingerprint density at radius 3 is 2.56 bits per heavy atom. The van der Waals surface area contributed by atoms with E-state index in [1.165, 1.54) is 6.20 Å². The van der Waals surface area contributed by atoms with Crippen LogP contribution in [0.25, 0.3) is 22.0 Å². The molecular weight excluding hydrogens is 545 g/mol. The summed E-state index contributed by atoms with van der Waals surface area (Å²) in [5, 5.41) is 42.4. The van der Waals surface area contributed by atoms with Crippen molar-refractivity contribution in [3.63, 3.8) is 0 Å². The molecule has 1 amide bonds. The van der Waals surface area contributed by atoms with Gasteiger partial charge in [0.1, 0.15) is 30.0 Å². The third kappa shape index (κ3) is 4.28. The van der Waals surface area contributed by atoms with Crippen LogP contribution in [0, 0.1) is 17.5 Å². The molecule has 13 heteroatoms. The van der Waals surface area contributed by atoms with Gasteiger partial charge in [-0.1, -0.05) is 35.5 Å². The maximum atomic E-state index is 13.9. The number of ether oxygens (including phenoxy) is 2. The number of carbonyl (C=O) groups excluding carboxylic acids is 1. The molecule has 10 nitrogen and oxygen atoms in total. The number of primary amides is 1. The van der Waals surface area contributed by atoms with Gasteiger partial charge < -0.3 is 30.5 Å². The first-order valence-corrected chi connectivity index (χ1v) is 12.8. The van der Waals surface area contributed by atoms with Crippen molar-refractivity contribution in [2.24, 2.45) is 5.73 Å². The van der Waals surface area contributed by atoms with Crippen LogP contribution in [0.5, 0.6) is 0 Å². The maximum Gasteiger partial charge on any atom is 0.249 e. The molecule has 0 unspecified atom stereocenters. The Labute approximate surface area is 230 Å². The fraction of sp³-hybridized carbons (Fsp3) is 0.321. The Bertz CT molecular complexity index is 1630. The number of aliphatic hydroxyl groups excluding tert-OH is 3. The Balaban J connectivity index is 1.46. The van der Waals surface area contributed by atoms with Crippen molar-refractivity contribution in [2.75, 3.05) is 13.2 Å². The number of carbonyl (C=O) groups is 1. The third-order valence-electron chi connectivity index (χ3n) is 7.88. The number of nitrogens with zero attached hydrogens (tertiary/aromatic N) is 3. The topological polar surface area (TPSA) is 153 Å². The first-order chi connectivity index (χ1) is 19.7. The predicted molar refractivity (Wildman–Crippen MR) is 137 cm³/mol. The van der Waals surface area contributed by atoms with E-state index in [2.05, 4.69) is 10.3 Å². The second kappa shape index (κ2) is 10.2. The molecule has 2 aliphatic heterocycles. The summed E-state index contributed by atoms with van der Waals surface area (Å²) in [5.74, 6) is -7.85. The van der Waals surface area contributed by atoms with E-state index < -0.39 is 66.0 Å². The molecule has 3 heterocycles. The van der Waals surface area contributed by atoms with Crippen LogP contribution in [0.2, 0.25) is 0 Å². The zero-order valence-corrected chi connectivity index (χ0v) is 21.3. The highest BCUT2D eigenvalue weighted by molar-refractivity contribution is 6.01. The SMILES string of the molecule is NC(=O)c1ccc2ccccc2c1[C@H]1CCO[C@]12O[C@H](CO)[C@H](O)[C@H](n1cc(-c3cc(F)c(F)c(F)c3)nn1)[C@H]2O. The molecule has 1 aromatic heterocycles. The van der Waals surface area contributed by atoms with Crippen molar-refractivity contribution in [2.45, 2.75) is 42.5 Å². The molecule has 0 radical (unpaired) electrons. The predicted octanol–water partition coefficient (Wildman–Crippen LogP) is 2.17. The molecule has 2 fully saturated rings. The number of amides is 1. The van der Waals surface area contributed by atoms with Gasteiger partial charge in [0, 0.05) is 17.0 Å². The Kier molecular flexibility index (Phi) is 6.78. The average Bonchev–Trinajstić information content (AvgIpc) is 3.61. The Morgan fingerprint density at radius 2 is 1.85 bits per heavy atom. The normalized spacial score (nSPS) is 28.0. The first-order valence-electron chi connectivity index (χ1n) is 12.8. The monoisotopic (exact) mass is 570 g/mol. The number of nitrogens with two attached hydrogens (primary N) is 1. The van der Waals surface area contributed by atoms with E-state index in [-0.39, 0.29) is 23.4 Å². The zero-order chi connectivity index (χ0) is 29.1. The second-order valence-electron chi connectivity index (χ2n) is 10.1. The van der Waals surface area contributed by atoms with Gasteiger partial charge in [0.05, 0.1) is 19.4 Å². The average molecular weight is 571 g/mol. The molecular formula is C28H25F3N4O6. The number of hydrogen-bond acceptors (Lipinski definition) is 8. The molecule has 0 saturated carbocycles.